The fourth-order valence-electron chi connectivity index (χ4n) is 4.25. The van der Waals surface area contributed by atoms with Gasteiger partial charge in [0.25, 0.3) is 10.2 Å². The van der Waals surface area contributed by atoms with Crippen LogP contribution in [0.15, 0.2) is 60.7 Å². The molecule has 0 unspecified atom stereocenters. The zero-order valence-corrected chi connectivity index (χ0v) is 20.4. The fraction of sp³-hybridized carbons (Fsp3) is 0.280. The van der Waals surface area contributed by atoms with E-state index >= 15 is 0 Å². The highest BCUT2D eigenvalue weighted by Crippen LogP contribution is 2.26. The molecule has 1 saturated heterocycles. The second kappa shape index (κ2) is 9.93. The summed E-state index contributed by atoms with van der Waals surface area (Å²) >= 11 is 0. The minimum Gasteiger partial charge on any atom is -0.490 e. The molecular formula is C25H30N6O3S. The Bertz CT molecular complexity index is 1350. The Morgan fingerprint density at radius 3 is 2.29 bits per heavy atom. The molecule has 0 bridgehead atoms. The summed E-state index contributed by atoms with van der Waals surface area (Å²) in [6.45, 7) is 3.42. The summed E-state index contributed by atoms with van der Waals surface area (Å²) in [4.78, 5) is 2.03. The number of benzene rings is 3. The minimum atomic E-state index is -4.03. The summed E-state index contributed by atoms with van der Waals surface area (Å²) in [5.74, 6) is 1.21. The molecule has 9 nitrogen and oxygen atoms in total. The molecule has 1 fully saturated rings. The molecule has 1 heterocycles. The van der Waals surface area contributed by atoms with Gasteiger partial charge in [-0.1, -0.05) is 24.3 Å². The van der Waals surface area contributed by atoms with Gasteiger partial charge < -0.3 is 15.4 Å². The van der Waals surface area contributed by atoms with Crippen LogP contribution in [0.3, 0.4) is 0 Å². The zero-order valence-electron chi connectivity index (χ0n) is 19.6. The lowest BCUT2D eigenvalue weighted by molar-refractivity contribution is 0.130. The van der Waals surface area contributed by atoms with E-state index < -0.39 is 10.2 Å². The van der Waals surface area contributed by atoms with Crippen LogP contribution in [-0.2, 0) is 16.8 Å². The van der Waals surface area contributed by atoms with Gasteiger partial charge in [-0.25, -0.2) is 5.14 Å². The van der Waals surface area contributed by atoms with E-state index in [4.69, 9.17) is 26.4 Å². The number of likely N-dealkylation sites (tertiary alicyclic amines) is 1. The number of anilines is 1. The highest BCUT2D eigenvalue weighted by atomic mass is 32.2. The van der Waals surface area contributed by atoms with E-state index in [1.807, 2.05) is 35.2 Å². The second-order valence-electron chi connectivity index (χ2n) is 8.75. The van der Waals surface area contributed by atoms with E-state index in [0.29, 0.717) is 22.8 Å². The number of fused-ring (bicyclic) bond motifs is 1. The maximum Gasteiger partial charge on any atom is 0.299 e. The first-order valence-corrected chi connectivity index (χ1v) is 12.8. The first kappa shape index (κ1) is 24.5. The summed E-state index contributed by atoms with van der Waals surface area (Å²) in [6.07, 6.45) is 1.71. The molecule has 3 aromatic rings. The average molecular weight is 495 g/mol. The Kier molecular flexibility index (Phi) is 6.95. The third-order valence-corrected chi connectivity index (χ3v) is 7.15. The first-order valence-electron chi connectivity index (χ1n) is 11.3. The molecule has 4 rings (SSSR count). The Balaban J connectivity index is 1.50. The van der Waals surface area contributed by atoms with Crippen molar-refractivity contribution in [2.75, 3.05) is 17.4 Å². The van der Waals surface area contributed by atoms with E-state index in [9.17, 15) is 8.42 Å². The maximum atomic E-state index is 12.4. The summed E-state index contributed by atoms with van der Waals surface area (Å²) in [5, 5.41) is 22.8. The standard InChI is InChI=1S/C25H30N6O3S/c1-17(26)30-12-10-24(11-13-30)34-23-8-6-22(7-9-23)31(35(29,32)33)16-18-2-3-19-4-5-20(25(27)28)15-21(19)14-18/h2-9,14-15,24,26H,10-13,16H2,1H3,(H3,27,28)(H2,29,32,33). The zero-order chi connectivity index (χ0) is 25.2. The molecule has 1 aliphatic heterocycles. The molecule has 3 aromatic carbocycles. The third-order valence-electron chi connectivity index (χ3n) is 6.19. The molecule has 0 amide bonds. The first-order chi connectivity index (χ1) is 16.6. The van der Waals surface area contributed by atoms with Crippen LogP contribution in [0.4, 0.5) is 5.69 Å². The summed E-state index contributed by atoms with van der Waals surface area (Å²) in [6, 6.07) is 18.0. The topological polar surface area (TPSA) is 150 Å². The SMILES string of the molecule is CC(=N)N1CCC(Oc2ccc(N(Cc3ccc4ccc(C(=N)N)cc4c3)S(N)(=O)=O)cc2)CC1. The van der Waals surface area contributed by atoms with Gasteiger partial charge in [-0.05, 0) is 59.7 Å². The molecule has 184 valence electrons. The second-order valence-corrected chi connectivity index (χ2v) is 10.2. The van der Waals surface area contributed by atoms with Crippen molar-refractivity contribution in [1.29, 1.82) is 10.8 Å². The van der Waals surface area contributed by atoms with Gasteiger partial charge in [0.05, 0.1) is 18.1 Å². The summed E-state index contributed by atoms with van der Waals surface area (Å²) in [7, 11) is -4.03. The quantitative estimate of drug-likeness (QED) is 0.294. The minimum absolute atomic E-state index is 0.0267. The van der Waals surface area contributed by atoms with Gasteiger partial charge in [0, 0.05) is 31.5 Å². The highest BCUT2D eigenvalue weighted by molar-refractivity contribution is 7.90. The average Bonchev–Trinajstić information content (AvgIpc) is 2.82. The molecule has 0 radical (unpaired) electrons. The van der Waals surface area contributed by atoms with Crippen LogP contribution in [0.1, 0.15) is 30.9 Å². The van der Waals surface area contributed by atoms with Crippen molar-refractivity contribution in [3.05, 3.63) is 71.8 Å². The van der Waals surface area contributed by atoms with Crippen LogP contribution in [0, 0.1) is 10.8 Å². The van der Waals surface area contributed by atoms with Gasteiger partial charge in [0.2, 0.25) is 0 Å². The van der Waals surface area contributed by atoms with E-state index in [0.717, 1.165) is 46.6 Å². The summed E-state index contributed by atoms with van der Waals surface area (Å²) in [5.41, 5.74) is 7.40. The molecule has 10 heteroatoms. The van der Waals surface area contributed by atoms with Gasteiger partial charge >= 0.3 is 0 Å². The van der Waals surface area contributed by atoms with E-state index in [1.165, 1.54) is 0 Å². The van der Waals surface area contributed by atoms with Crippen molar-refractivity contribution in [2.45, 2.75) is 32.4 Å². The molecule has 35 heavy (non-hydrogen) atoms. The smallest absolute Gasteiger partial charge is 0.299 e. The predicted molar refractivity (Wildman–Crippen MR) is 139 cm³/mol. The van der Waals surface area contributed by atoms with Gasteiger partial charge in [-0.2, -0.15) is 8.42 Å². The normalized spacial score (nSPS) is 14.6. The molecular weight excluding hydrogens is 464 g/mol. The monoisotopic (exact) mass is 494 g/mol. The van der Waals surface area contributed by atoms with Crippen LogP contribution in [0.2, 0.25) is 0 Å². The molecule has 0 spiro atoms. The van der Waals surface area contributed by atoms with Crippen molar-refractivity contribution >= 4 is 38.3 Å². The van der Waals surface area contributed by atoms with E-state index in [-0.39, 0.29) is 18.5 Å². The number of piperidine rings is 1. The summed E-state index contributed by atoms with van der Waals surface area (Å²) < 4.78 is 32.1. The molecule has 0 saturated carbocycles. The Labute approximate surface area is 205 Å². The highest BCUT2D eigenvalue weighted by Gasteiger charge is 2.22. The van der Waals surface area contributed by atoms with Crippen molar-refractivity contribution in [3.63, 3.8) is 0 Å². The van der Waals surface area contributed by atoms with Crippen LogP contribution in [0.25, 0.3) is 10.8 Å². The Hall–Kier alpha value is -3.63. The number of ether oxygens (including phenoxy) is 1. The Morgan fingerprint density at radius 2 is 1.69 bits per heavy atom. The number of hydrogen-bond acceptors (Lipinski definition) is 5. The van der Waals surface area contributed by atoms with Crippen molar-refractivity contribution in [1.82, 2.24) is 4.90 Å². The van der Waals surface area contributed by atoms with E-state index in [2.05, 4.69) is 0 Å². The lowest BCUT2D eigenvalue weighted by atomic mass is 10.0. The van der Waals surface area contributed by atoms with Crippen LogP contribution in [-0.4, -0.2) is 44.2 Å². The molecule has 6 N–H and O–H groups in total. The number of rotatable bonds is 7. The van der Waals surface area contributed by atoms with Crippen LogP contribution < -0.4 is 19.9 Å². The van der Waals surface area contributed by atoms with Crippen LogP contribution in [0.5, 0.6) is 5.75 Å². The van der Waals surface area contributed by atoms with Gasteiger partial charge in [0.15, 0.2) is 0 Å². The fourth-order valence-corrected chi connectivity index (χ4v) is 4.99. The predicted octanol–water partition coefficient (Wildman–Crippen LogP) is 3.17. The van der Waals surface area contributed by atoms with Gasteiger partial charge in [-0.3, -0.25) is 15.1 Å². The number of nitrogens with zero attached hydrogens (tertiary/aromatic N) is 2. The lowest BCUT2D eigenvalue weighted by Gasteiger charge is -2.32. The number of amidine groups is 2. The lowest BCUT2D eigenvalue weighted by Crippen LogP contribution is -2.40. The van der Waals surface area contributed by atoms with Crippen LogP contribution >= 0.6 is 0 Å². The van der Waals surface area contributed by atoms with Gasteiger partial charge in [0.1, 0.15) is 17.7 Å². The molecule has 0 aromatic heterocycles. The van der Waals surface area contributed by atoms with Gasteiger partial charge in [-0.15, -0.1) is 0 Å². The van der Waals surface area contributed by atoms with Crippen molar-refractivity contribution in [3.8, 4) is 5.75 Å². The van der Waals surface area contributed by atoms with Crippen molar-refractivity contribution < 1.29 is 13.2 Å². The number of nitrogens with two attached hydrogens (primary N) is 2. The molecule has 0 atom stereocenters. The molecule has 1 aliphatic rings. The van der Waals surface area contributed by atoms with Crippen molar-refractivity contribution in [2.24, 2.45) is 10.9 Å². The number of nitrogens with one attached hydrogen (secondary N) is 2. The maximum absolute atomic E-state index is 12.4. The number of hydrogen-bond donors (Lipinski definition) is 4. The Morgan fingerprint density at radius 1 is 1.03 bits per heavy atom. The molecule has 0 aliphatic carbocycles. The third kappa shape index (κ3) is 5.90. The number of nitrogen functional groups attached to an aromatic ring is 1. The van der Waals surface area contributed by atoms with E-state index in [1.54, 1.807) is 37.3 Å². The largest absolute Gasteiger partial charge is 0.490 e.